The fraction of sp³-hybridized carbons (Fsp3) is 0.222. The number of hydrogen-bond acceptors (Lipinski definition) is 6. The third-order valence-electron chi connectivity index (χ3n) is 4.43. The van der Waals surface area contributed by atoms with Crippen molar-refractivity contribution < 1.29 is 13.2 Å². The predicted molar refractivity (Wildman–Crippen MR) is 111 cm³/mol. The Hall–Kier alpha value is -2.20. The van der Waals surface area contributed by atoms with Crippen molar-refractivity contribution in [2.75, 3.05) is 13.1 Å². The highest BCUT2D eigenvalue weighted by Crippen LogP contribution is 2.23. The number of fused-ring (bicyclic) bond motifs is 1. The van der Waals surface area contributed by atoms with Gasteiger partial charge in [-0.3, -0.25) is 15.1 Å². The standard InChI is InChI=1S/C18H17ClN4O3S2/c19-16-2-1-14(27-16)4-8-28(25,26)17-18(24)23(7-6-21-17)11-13-9-12-10-20-5-3-15(12)22-13/h1-5,8-10,17,21-22H,6-7,11H2. The van der Waals surface area contributed by atoms with Gasteiger partial charge in [0.25, 0.3) is 5.91 Å². The van der Waals surface area contributed by atoms with E-state index in [1.165, 1.54) is 17.4 Å². The molecule has 0 saturated carbocycles. The highest BCUT2D eigenvalue weighted by atomic mass is 35.5. The average molecular weight is 437 g/mol. The van der Waals surface area contributed by atoms with E-state index in [0.29, 0.717) is 28.8 Å². The molecule has 3 aromatic heterocycles. The second kappa shape index (κ2) is 7.67. The van der Waals surface area contributed by atoms with E-state index in [0.717, 1.165) is 22.0 Å². The van der Waals surface area contributed by atoms with Crippen molar-refractivity contribution >= 4 is 55.7 Å². The number of carbonyl (C=O) groups is 1. The fourth-order valence-corrected chi connectivity index (χ4v) is 5.41. The molecule has 1 saturated heterocycles. The summed E-state index contributed by atoms with van der Waals surface area (Å²) in [6, 6.07) is 7.20. The quantitative estimate of drug-likeness (QED) is 0.641. The number of thiophene rings is 1. The monoisotopic (exact) mass is 436 g/mol. The minimum absolute atomic E-state index is 0.311. The Morgan fingerprint density at radius 2 is 2.21 bits per heavy atom. The Kier molecular flexibility index (Phi) is 5.24. The molecule has 0 aromatic carbocycles. The first kappa shape index (κ1) is 19.1. The Labute approximate surface area is 170 Å². The van der Waals surface area contributed by atoms with Gasteiger partial charge in [-0.25, -0.2) is 8.42 Å². The van der Waals surface area contributed by atoms with Gasteiger partial charge in [-0.1, -0.05) is 11.6 Å². The molecule has 1 aliphatic heterocycles. The minimum Gasteiger partial charge on any atom is -0.357 e. The van der Waals surface area contributed by atoms with E-state index in [4.69, 9.17) is 11.6 Å². The van der Waals surface area contributed by atoms with E-state index >= 15 is 0 Å². The summed E-state index contributed by atoms with van der Waals surface area (Å²) in [4.78, 5) is 22.4. The smallest absolute Gasteiger partial charge is 0.256 e. The zero-order valence-electron chi connectivity index (χ0n) is 14.6. The number of halogens is 1. The molecule has 1 fully saturated rings. The molecule has 4 rings (SSSR count). The zero-order valence-corrected chi connectivity index (χ0v) is 17.0. The van der Waals surface area contributed by atoms with Gasteiger partial charge in [0.1, 0.15) is 0 Å². The number of H-pyrrole nitrogens is 1. The molecule has 0 radical (unpaired) electrons. The zero-order chi connectivity index (χ0) is 19.7. The van der Waals surface area contributed by atoms with Gasteiger partial charge in [0.15, 0.2) is 15.2 Å². The van der Waals surface area contributed by atoms with Crippen LogP contribution in [0.15, 0.2) is 42.1 Å². The van der Waals surface area contributed by atoms with Gasteiger partial charge in [0, 0.05) is 52.4 Å². The van der Waals surface area contributed by atoms with E-state index in [2.05, 4.69) is 15.3 Å². The lowest BCUT2D eigenvalue weighted by atomic mass is 10.3. The summed E-state index contributed by atoms with van der Waals surface area (Å²) in [5, 5.41) is 3.55. The van der Waals surface area contributed by atoms with Crippen molar-refractivity contribution in [2.24, 2.45) is 0 Å². The third kappa shape index (κ3) is 3.97. The van der Waals surface area contributed by atoms with Gasteiger partial charge in [-0.15, -0.1) is 11.3 Å². The number of aromatic nitrogens is 2. The minimum atomic E-state index is -3.81. The molecular weight excluding hydrogens is 420 g/mol. The van der Waals surface area contributed by atoms with Gasteiger partial charge in [0.05, 0.1) is 10.9 Å². The van der Waals surface area contributed by atoms with Gasteiger partial charge in [-0.05, 0) is 30.3 Å². The van der Waals surface area contributed by atoms with Crippen LogP contribution in [-0.4, -0.2) is 47.7 Å². The summed E-state index contributed by atoms with van der Waals surface area (Å²) in [7, 11) is -3.81. The summed E-state index contributed by atoms with van der Waals surface area (Å²) >= 11 is 7.13. The van der Waals surface area contributed by atoms with E-state index in [9.17, 15) is 13.2 Å². The highest BCUT2D eigenvalue weighted by Gasteiger charge is 2.37. The predicted octanol–water partition coefficient (Wildman–Crippen LogP) is 2.62. The second-order valence-corrected chi connectivity index (χ2v) is 10.1. The number of nitrogens with one attached hydrogen (secondary N) is 2. The number of amides is 1. The van der Waals surface area contributed by atoms with Crippen molar-refractivity contribution in [3.05, 3.63) is 57.0 Å². The molecule has 28 heavy (non-hydrogen) atoms. The molecule has 0 bridgehead atoms. The van der Waals surface area contributed by atoms with Crippen LogP contribution in [-0.2, 0) is 21.2 Å². The van der Waals surface area contributed by atoms with Crippen molar-refractivity contribution in [2.45, 2.75) is 11.9 Å². The molecule has 0 aliphatic carbocycles. The number of nitrogens with zero attached hydrogens (tertiary/aromatic N) is 2. The molecule has 146 valence electrons. The maximum Gasteiger partial charge on any atom is 0.256 e. The normalized spacial score (nSPS) is 18.4. The summed E-state index contributed by atoms with van der Waals surface area (Å²) in [5.74, 6) is -0.461. The van der Waals surface area contributed by atoms with Crippen LogP contribution in [0.5, 0.6) is 0 Å². The van der Waals surface area contributed by atoms with Crippen LogP contribution in [0, 0.1) is 0 Å². The third-order valence-corrected chi connectivity index (χ3v) is 7.17. The Morgan fingerprint density at radius 3 is 2.96 bits per heavy atom. The number of carbonyl (C=O) groups excluding carboxylic acids is 1. The maximum atomic E-state index is 12.8. The Balaban J connectivity index is 1.51. The van der Waals surface area contributed by atoms with Crippen LogP contribution >= 0.6 is 22.9 Å². The topological polar surface area (TPSA) is 95.2 Å². The molecule has 7 nitrogen and oxygen atoms in total. The summed E-state index contributed by atoms with van der Waals surface area (Å²) in [5.41, 5.74) is 1.76. The van der Waals surface area contributed by atoms with Crippen LogP contribution in [0.3, 0.4) is 0 Å². The lowest BCUT2D eigenvalue weighted by Crippen LogP contribution is -2.57. The number of sulfone groups is 1. The fourth-order valence-electron chi connectivity index (χ4n) is 3.09. The summed E-state index contributed by atoms with van der Waals surface area (Å²) in [6.45, 7) is 1.14. The SMILES string of the molecule is O=C1C(S(=O)(=O)C=Cc2ccc(Cl)s2)NCCN1Cc1cc2cnccc2[nH]1. The van der Waals surface area contributed by atoms with Crippen LogP contribution in [0.25, 0.3) is 17.0 Å². The first-order valence-electron chi connectivity index (χ1n) is 8.53. The molecule has 1 aliphatic rings. The first-order chi connectivity index (χ1) is 13.4. The molecule has 1 amide bonds. The lowest BCUT2D eigenvalue weighted by molar-refractivity contribution is -0.133. The number of pyridine rings is 1. The molecular formula is C18H17ClN4O3S2. The molecule has 2 N–H and O–H groups in total. The summed E-state index contributed by atoms with van der Waals surface area (Å²) < 4.78 is 25.9. The van der Waals surface area contributed by atoms with E-state index < -0.39 is 21.1 Å². The van der Waals surface area contributed by atoms with Gasteiger partial charge in [0.2, 0.25) is 0 Å². The molecule has 0 spiro atoms. The molecule has 4 heterocycles. The van der Waals surface area contributed by atoms with Crippen molar-refractivity contribution in [3.63, 3.8) is 0 Å². The first-order valence-corrected chi connectivity index (χ1v) is 11.3. The Morgan fingerprint density at radius 1 is 1.36 bits per heavy atom. The number of rotatable bonds is 5. The average Bonchev–Trinajstić information content (AvgIpc) is 3.27. The van der Waals surface area contributed by atoms with Crippen molar-refractivity contribution in [1.82, 2.24) is 20.2 Å². The van der Waals surface area contributed by atoms with Gasteiger partial charge in [-0.2, -0.15) is 0 Å². The van der Waals surface area contributed by atoms with Crippen LogP contribution in [0.2, 0.25) is 4.34 Å². The molecule has 1 atom stereocenters. The van der Waals surface area contributed by atoms with Crippen LogP contribution in [0.1, 0.15) is 10.6 Å². The number of hydrogen-bond donors (Lipinski definition) is 2. The molecule has 10 heteroatoms. The molecule has 1 unspecified atom stereocenters. The largest absolute Gasteiger partial charge is 0.357 e. The van der Waals surface area contributed by atoms with Crippen molar-refractivity contribution in [1.29, 1.82) is 0 Å². The highest BCUT2D eigenvalue weighted by molar-refractivity contribution is 7.95. The van der Waals surface area contributed by atoms with Crippen LogP contribution < -0.4 is 5.32 Å². The van der Waals surface area contributed by atoms with Gasteiger partial charge < -0.3 is 9.88 Å². The summed E-state index contributed by atoms with van der Waals surface area (Å²) in [6.07, 6.45) is 4.89. The Bertz CT molecular complexity index is 1120. The van der Waals surface area contributed by atoms with Crippen molar-refractivity contribution in [3.8, 4) is 0 Å². The van der Waals surface area contributed by atoms with Crippen LogP contribution in [0.4, 0.5) is 0 Å². The van der Waals surface area contributed by atoms with E-state index in [1.807, 2.05) is 12.1 Å². The maximum absolute atomic E-state index is 12.8. The number of aromatic amines is 1. The molecule has 3 aromatic rings. The lowest BCUT2D eigenvalue weighted by Gasteiger charge is -2.32. The number of piperazine rings is 1. The van der Waals surface area contributed by atoms with Gasteiger partial charge >= 0.3 is 0 Å². The van der Waals surface area contributed by atoms with E-state index in [-0.39, 0.29) is 0 Å². The van der Waals surface area contributed by atoms with E-state index in [1.54, 1.807) is 29.4 Å². The second-order valence-electron chi connectivity index (χ2n) is 6.39.